The summed E-state index contributed by atoms with van der Waals surface area (Å²) in [5.41, 5.74) is 2.66. The van der Waals surface area contributed by atoms with Crippen LogP contribution in [-0.4, -0.2) is 58.2 Å². The molecule has 2 aromatic rings. The lowest BCUT2D eigenvalue weighted by atomic mass is 10.2. The van der Waals surface area contributed by atoms with Crippen molar-refractivity contribution in [2.24, 2.45) is 0 Å². The van der Waals surface area contributed by atoms with Crippen LogP contribution in [0.5, 0.6) is 0 Å². The molecular weight excluding hydrogens is 292 g/mol. The average Bonchev–Trinajstić information content (AvgIpc) is 3.09. The molecule has 1 amide bonds. The van der Waals surface area contributed by atoms with E-state index in [0.717, 1.165) is 61.3 Å². The van der Waals surface area contributed by atoms with Crippen LogP contribution in [0.1, 0.15) is 34.4 Å². The summed E-state index contributed by atoms with van der Waals surface area (Å²) in [4.78, 5) is 17.2. The van der Waals surface area contributed by atoms with Crippen molar-refractivity contribution < 1.29 is 9.32 Å². The van der Waals surface area contributed by atoms with E-state index in [1.54, 1.807) is 0 Å². The van der Waals surface area contributed by atoms with Crippen LogP contribution in [0, 0.1) is 20.8 Å². The zero-order valence-electron chi connectivity index (χ0n) is 14.3. The maximum absolute atomic E-state index is 12.9. The van der Waals surface area contributed by atoms with Gasteiger partial charge in [-0.05, 0) is 33.4 Å². The van der Waals surface area contributed by atoms with E-state index in [9.17, 15) is 4.79 Å². The predicted octanol–water partition coefficient (Wildman–Crippen LogP) is 2.17. The van der Waals surface area contributed by atoms with Gasteiger partial charge in [0.05, 0.1) is 5.56 Å². The number of likely N-dealkylation sites (N-methyl/N-ethyl adjacent to an activating group) is 1. The minimum atomic E-state index is 0.111. The van der Waals surface area contributed by atoms with E-state index >= 15 is 0 Å². The third kappa shape index (κ3) is 2.91. The van der Waals surface area contributed by atoms with Crippen molar-refractivity contribution in [3.63, 3.8) is 0 Å². The Labute approximate surface area is 136 Å². The lowest BCUT2D eigenvalue weighted by molar-refractivity contribution is 0.0642. The van der Waals surface area contributed by atoms with Crippen molar-refractivity contribution in [3.8, 4) is 5.82 Å². The summed E-state index contributed by atoms with van der Waals surface area (Å²) in [5.74, 6) is 1.60. The van der Waals surface area contributed by atoms with Gasteiger partial charge in [-0.25, -0.2) is 0 Å². The van der Waals surface area contributed by atoms with Crippen molar-refractivity contribution in [2.45, 2.75) is 27.7 Å². The molecule has 0 saturated carbocycles. The van der Waals surface area contributed by atoms with E-state index in [1.807, 2.05) is 42.4 Å². The molecule has 3 heterocycles. The SMILES string of the molecule is CCN1CCN(C(=O)c2cc(C)n(-c3cc(C)on3)c2C)CC1. The van der Waals surface area contributed by atoms with Crippen LogP contribution in [0.15, 0.2) is 16.7 Å². The molecule has 0 atom stereocenters. The first-order chi connectivity index (χ1) is 11.0. The van der Waals surface area contributed by atoms with Gasteiger partial charge in [-0.3, -0.25) is 9.36 Å². The zero-order valence-corrected chi connectivity index (χ0v) is 14.3. The lowest BCUT2D eigenvalue weighted by Gasteiger charge is -2.34. The molecule has 6 heteroatoms. The van der Waals surface area contributed by atoms with Crippen molar-refractivity contribution in [2.75, 3.05) is 32.7 Å². The second-order valence-corrected chi connectivity index (χ2v) is 6.14. The molecule has 0 N–H and O–H groups in total. The minimum Gasteiger partial charge on any atom is -0.360 e. The smallest absolute Gasteiger partial charge is 0.255 e. The van der Waals surface area contributed by atoms with Gasteiger partial charge >= 0.3 is 0 Å². The van der Waals surface area contributed by atoms with Gasteiger partial charge < -0.3 is 14.3 Å². The quantitative estimate of drug-likeness (QED) is 0.871. The van der Waals surface area contributed by atoms with Crippen LogP contribution < -0.4 is 0 Å². The summed E-state index contributed by atoms with van der Waals surface area (Å²) in [5, 5.41) is 4.07. The molecule has 124 valence electrons. The Kier molecular flexibility index (Phi) is 4.26. The molecule has 0 aromatic carbocycles. The van der Waals surface area contributed by atoms with E-state index < -0.39 is 0 Å². The Morgan fingerprint density at radius 3 is 2.43 bits per heavy atom. The fourth-order valence-electron chi connectivity index (χ4n) is 3.23. The third-order valence-corrected chi connectivity index (χ3v) is 4.61. The first kappa shape index (κ1) is 15.8. The predicted molar refractivity (Wildman–Crippen MR) is 88.1 cm³/mol. The highest BCUT2D eigenvalue weighted by Crippen LogP contribution is 2.22. The molecule has 0 aliphatic carbocycles. The number of aryl methyl sites for hydroxylation is 2. The molecule has 1 fully saturated rings. The molecule has 23 heavy (non-hydrogen) atoms. The molecule has 1 aliphatic heterocycles. The summed E-state index contributed by atoms with van der Waals surface area (Å²) in [6.45, 7) is 12.5. The topological polar surface area (TPSA) is 54.5 Å². The molecule has 0 radical (unpaired) electrons. The Morgan fingerprint density at radius 2 is 1.87 bits per heavy atom. The summed E-state index contributed by atoms with van der Waals surface area (Å²) >= 11 is 0. The number of piperazine rings is 1. The highest BCUT2D eigenvalue weighted by molar-refractivity contribution is 5.96. The van der Waals surface area contributed by atoms with Crippen LogP contribution >= 0.6 is 0 Å². The number of carbonyl (C=O) groups excluding carboxylic acids is 1. The van der Waals surface area contributed by atoms with Gasteiger partial charge in [0.2, 0.25) is 0 Å². The second-order valence-electron chi connectivity index (χ2n) is 6.14. The van der Waals surface area contributed by atoms with Crippen LogP contribution in [0.25, 0.3) is 5.82 Å². The molecular formula is C17H24N4O2. The Hall–Kier alpha value is -2.08. The van der Waals surface area contributed by atoms with Crippen molar-refractivity contribution >= 4 is 5.91 Å². The number of aromatic nitrogens is 2. The van der Waals surface area contributed by atoms with E-state index in [1.165, 1.54) is 0 Å². The molecule has 0 spiro atoms. The number of hydrogen-bond acceptors (Lipinski definition) is 4. The van der Waals surface area contributed by atoms with Gasteiger partial charge in [0, 0.05) is 43.6 Å². The first-order valence-corrected chi connectivity index (χ1v) is 8.15. The maximum atomic E-state index is 12.9. The number of nitrogens with zero attached hydrogens (tertiary/aromatic N) is 4. The lowest BCUT2D eigenvalue weighted by Crippen LogP contribution is -2.48. The first-order valence-electron chi connectivity index (χ1n) is 8.15. The summed E-state index contributed by atoms with van der Waals surface area (Å²) < 4.78 is 7.15. The van der Waals surface area contributed by atoms with Gasteiger partial charge in [-0.1, -0.05) is 12.1 Å². The zero-order chi connectivity index (χ0) is 16.6. The highest BCUT2D eigenvalue weighted by atomic mass is 16.5. The largest absolute Gasteiger partial charge is 0.360 e. The molecule has 2 aromatic heterocycles. The number of amides is 1. The average molecular weight is 316 g/mol. The summed E-state index contributed by atoms with van der Waals surface area (Å²) in [6.07, 6.45) is 0. The van der Waals surface area contributed by atoms with Gasteiger partial charge in [0.1, 0.15) is 5.76 Å². The van der Waals surface area contributed by atoms with Crippen LogP contribution in [0.3, 0.4) is 0 Å². The Balaban J connectivity index is 1.85. The van der Waals surface area contributed by atoms with Gasteiger partial charge in [-0.15, -0.1) is 0 Å². The van der Waals surface area contributed by atoms with Gasteiger partial charge in [0.25, 0.3) is 5.91 Å². The van der Waals surface area contributed by atoms with Gasteiger partial charge in [0.15, 0.2) is 5.82 Å². The molecule has 0 unspecified atom stereocenters. The fraction of sp³-hybridized carbons (Fsp3) is 0.529. The third-order valence-electron chi connectivity index (χ3n) is 4.61. The molecule has 0 bridgehead atoms. The monoisotopic (exact) mass is 316 g/mol. The minimum absolute atomic E-state index is 0.111. The Morgan fingerprint density at radius 1 is 1.17 bits per heavy atom. The van der Waals surface area contributed by atoms with Crippen molar-refractivity contribution in [1.82, 2.24) is 19.5 Å². The number of carbonyl (C=O) groups is 1. The van der Waals surface area contributed by atoms with E-state index in [-0.39, 0.29) is 5.91 Å². The second kappa shape index (κ2) is 6.20. The fourth-order valence-corrected chi connectivity index (χ4v) is 3.23. The molecule has 1 saturated heterocycles. The van der Waals surface area contributed by atoms with Crippen molar-refractivity contribution in [3.05, 3.63) is 34.8 Å². The number of rotatable bonds is 3. The van der Waals surface area contributed by atoms with Crippen LogP contribution in [0.4, 0.5) is 0 Å². The van der Waals surface area contributed by atoms with Crippen LogP contribution in [0.2, 0.25) is 0 Å². The normalized spacial score (nSPS) is 16.1. The van der Waals surface area contributed by atoms with Gasteiger partial charge in [-0.2, -0.15) is 0 Å². The maximum Gasteiger partial charge on any atom is 0.255 e. The highest BCUT2D eigenvalue weighted by Gasteiger charge is 2.25. The van der Waals surface area contributed by atoms with Crippen molar-refractivity contribution in [1.29, 1.82) is 0 Å². The standard InChI is InChI=1S/C17H24N4O2/c1-5-19-6-8-20(9-7-19)17(22)15-10-12(2)21(14(15)4)16-11-13(3)23-18-16/h10-11H,5-9H2,1-4H3. The van der Waals surface area contributed by atoms with E-state index in [2.05, 4.69) is 17.0 Å². The summed E-state index contributed by atoms with van der Waals surface area (Å²) in [7, 11) is 0. The van der Waals surface area contributed by atoms with Crippen LogP contribution in [-0.2, 0) is 0 Å². The number of hydrogen-bond donors (Lipinski definition) is 0. The van der Waals surface area contributed by atoms with E-state index in [0.29, 0.717) is 0 Å². The molecule has 3 rings (SSSR count). The Bertz CT molecular complexity index is 708. The molecule has 1 aliphatic rings. The van der Waals surface area contributed by atoms with E-state index in [4.69, 9.17) is 4.52 Å². The summed E-state index contributed by atoms with van der Waals surface area (Å²) in [6, 6.07) is 3.84. The molecule has 6 nitrogen and oxygen atoms in total.